The molecular formula is C28H29ClN4O3S. The van der Waals surface area contributed by atoms with Crippen molar-refractivity contribution in [1.29, 1.82) is 0 Å². The number of rotatable bonds is 7. The van der Waals surface area contributed by atoms with Crippen LogP contribution in [0, 0.1) is 0 Å². The average Bonchev–Trinajstić information content (AvgIpc) is 3.02. The minimum absolute atomic E-state index is 0.217. The van der Waals surface area contributed by atoms with Crippen molar-refractivity contribution in [2.75, 3.05) is 39.8 Å². The van der Waals surface area contributed by atoms with Crippen LogP contribution in [0.25, 0.3) is 0 Å². The molecule has 3 aromatic carbocycles. The number of hydrogen-bond donors (Lipinski definition) is 1. The lowest BCUT2D eigenvalue weighted by Gasteiger charge is -2.25. The summed E-state index contributed by atoms with van der Waals surface area (Å²) in [5.41, 5.74) is 4.15. The van der Waals surface area contributed by atoms with E-state index >= 15 is 0 Å². The number of ether oxygens (including phenoxy) is 2. The van der Waals surface area contributed by atoms with E-state index in [-0.39, 0.29) is 5.91 Å². The number of thiocarbonyl (C=S) groups is 1. The molecule has 0 radical (unpaired) electrons. The van der Waals surface area contributed by atoms with Crippen molar-refractivity contribution in [3.63, 3.8) is 0 Å². The topological polar surface area (TPSA) is 66.4 Å². The van der Waals surface area contributed by atoms with E-state index in [9.17, 15) is 4.79 Å². The highest BCUT2D eigenvalue weighted by Gasteiger charge is 2.31. The van der Waals surface area contributed by atoms with Crippen LogP contribution in [0.5, 0.6) is 11.5 Å². The Morgan fingerprint density at radius 3 is 2.51 bits per heavy atom. The van der Waals surface area contributed by atoms with Gasteiger partial charge in [-0.05, 0) is 54.5 Å². The van der Waals surface area contributed by atoms with Gasteiger partial charge in [0.25, 0.3) is 5.91 Å². The molecule has 192 valence electrons. The van der Waals surface area contributed by atoms with Crippen LogP contribution in [0.4, 0.5) is 5.69 Å². The summed E-state index contributed by atoms with van der Waals surface area (Å²) >= 11 is 12.0. The number of aliphatic imine (C=N–C) groups is 1. The zero-order valence-electron chi connectivity index (χ0n) is 21.2. The Labute approximate surface area is 227 Å². The minimum atomic E-state index is -0.901. The van der Waals surface area contributed by atoms with E-state index in [2.05, 4.69) is 5.32 Å². The fourth-order valence-electron chi connectivity index (χ4n) is 4.13. The molecule has 1 unspecified atom stereocenters. The third kappa shape index (κ3) is 5.87. The van der Waals surface area contributed by atoms with Gasteiger partial charge in [0.15, 0.2) is 16.6 Å². The van der Waals surface area contributed by atoms with Gasteiger partial charge < -0.3 is 24.6 Å². The summed E-state index contributed by atoms with van der Waals surface area (Å²) in [5, 5.41) is 4.16. The summed E-state index contributed by atoms with van der Waals surface area (Å²) < 4.78 is 10.7. The van der Waals surface area contributed by atoms with Crippen LogP contribution < -0.4 is 19.7 Å². The molecule has 0 fully saturated rings. The van der Waals surface area contributed by atoms with E-state index in [1.165, 1.54) is 0 Å². The van der Waals surface area contributed by atoms with Gasteiger partial charge in [-0.25, -0.2) is 4.99 Å². The van der Waals surface area contributed by atoms with Crippen molar-refractivity contribution in [3.8, 4) is 11.5 Å². The maximum absolute atomic E-state index is 13.5. The molecule has 0 aromatic heterocycles. The van der Waals surface area contributed by atoms with E-state index < -0.39 is 6.17 Å². The predicted octanol–water partition coefficient (Wildman–Crippen LogP) is 4.55. The van der Waals surface area contributed by atoms with Crippen LogP contribution >= 0.6 is 23.8 Å². The number of benzene rings is 3. The Kier molecular flexibility index (Phi) is 8.31. The number of hydrogen-bond acceptors (Lipinski definition) is 5. The second-order valence-corrected chi connectivity index (χ2v) is 9.44. The van der Waals surface area contributed by atoms with Crippen molar-refractivity contribution in [3.05, 3.63) is 88.4 Å². The van der Waals surface area contributed by atoms with E-state index in [0.717, 1.165) is 28.8 Å². The molecule has 0 bridgehead atoms. The van der Waals surface area contributed by atoms with Gasteiger partial charge in [0.05, 0.1) is 25.6 Å². The van der Waals surface area contributed by atoms with Crippen LogP contribution in [0.3, 0.4) is 0 Å². The summed E-state index contributed by atoms with van der Waals surface area (Å²) in [6.45, 7) is 0.628. The number of fused-ring (bicyclic) bond motifs is 1. The number of carbonyl (C=O) groups excluding carboxylic acids is 1. The smallest absolute Gasteiger partial charge is 0.272 e. The molecule has 1 heterocycles. The average molecular weight is 537 g/mol. The van der Waals surface area contributed by atoms with Gasteiger partial charge in [0.2, 0.25) is 6.17 Å². The standard InChI is InChI=1S/C28H29ClN4O3S/c1-32(15-14-18-10-13-23(35-3)24(16-18)36-4)28(37)31-26-27(34)33(2)22-12-11-20(29)17-21(22)25(30-26)19-8-6-5-7-9-19/h5-13,16-17,26H,14-15H2,1-4H3,(H,31,37). The molecule has 0 spiro atoms. The Bertz CT molecular complexity index is 1330. The van der Waals surface area contributed by atoms with Crippen molar-refractivity contribution in [2.45, 2.75) is 12.6 Å². The second-order valence-electron chi connectivity index (χ2n) is 8.62. The molecule has 0 saturated carbocycles. The van der Waals surface area contributed by atoms with Crippen LogP contribution in [0.15, 0.2) is 71.7 Å². The molecule has 1 aliphatic rings. The quantitative estimate of drug-likeness (QED) is 0.447. The molecule has 0 saturated heterocycles. The first-order valence-corrected chi connectivity index (χ1v) is 12.5. The van der Waals surface area contributed by atoms with Crippen LogP contribution in [0.2, 0.25) is 5.02 Å². The normalized spacial score (nSPS) is 14.8. The first kappa shape index (κ1) is 26.4. The van der Waals surface area contributed by atoms with Gasteiger partial charge in [0, 0.05) is 36.8 Å². The Morgan fingerprint density at radius 2 is 1.81 bits per heavy atom. The molecule has 1 amide bonds. The number of benzodiazepines with no additional fused rings is 1. The highest BCUT2D eigenvalue weighted by molar-refractivity contribution is 7.80. The van der Waals surface area contributed by atoms with Crippen molar-refractivity contribution < 1.29 is 14.3 Å². The number of likely N-dealkylation sites (N-methyl/N-ethyl adjacent to an activating group) is 2. The summed E-state index contributed by atoms with van der Waals surface area (Å²) in [7, 11) is 6.85. The van der Waals surface area contributed by atoms with E-state index in [1.807, 2.05) is 72.6 Å². The molecule has 37 heavy (non-hydrogen) atoms. The molecule has 3 aromatic rings. The van der Waals surface area contributed by atoms with Gasteiger partial charge >= 0.3 is 0 Å². The zero-order valence-corrected chi connectivity index (χ0v) is 22.8. The number of nitrogens with one attached hydrogen (secondary N) is 1. The summed E-state index contributed by atoms with van der Waals surface area (Å²) in [5.74, 6) is 1.14. The van der Waals surface area contributed by atoms with Gasteiger partial charge in [-0.15, -0.1) is 0 Å². The molecule has 0 aliphatic carbocycles. The molecular weight excluding hydrogens is 508 g/mol. The van der Waals surface area contributed by atoms with Crippen LogP contribution in [0.1, 0.15) is 16.7 Å². The van der Waals surface area contributed by atoms with Crippen molar-refractivity contribution >= 4 is 46.2 Å². The zero-order chi connectivity index (χ0) is 26.5. The first-order valence-electron chi connectivity index (χ1n) is 11.8. The van der Waals surface area contributed by atoms with Gasteiger partial charge in [-0.3, -0.25) is 4.79 Å². The minimum Gasteiger partial charge on any atom is -0.493 e. The number of nitrogens with zero attached hydrogens (tertiary/aromatic N) is 3. The number of amides is 1. The molecule has 9 heteroatoms. The largest absolute Gasteiger partial charge is 0.493 e. The lowest BCUT2D eigenvalue weighted by molar-refractivity contribution is -0.119. The lowest BCUT2D eigenvalue weighted by atomic mass is 10.0. The van der Waals surface area contributed by atoms with E-state index in [4.69, 9.17) is 38.3 Å². The number of anilines is 1. The maximum Gasteiger partial charge on any atom is 0.272 e. The van der Waals surface area contributed by atoms with Gasteiger partial charge in [-0.2, -0.15) is 0 Å². The maximum atomic E-state index is 13.5. The Morgan fingerprint density at radius 1 is 1.08 bits per heavy atom. The summed E-state index contributed by atoms with van der Waals surface area (Å²) in [4.78, 5) is 21.8. The SMILES string of the molecule is COc1ccc(CCN(C)C(=S)NC2N=C(c3ccccc3)c3cc(Cl)ccc3N(C)C2=O)cc1OC. The fourth-order valence-corrected chi connectivity index (χ4v) is 4.50. The summed E-state index contributed by atoms with van der Waals surface area (Å²) in [6.07, 6.45) is -0.179. The molecule has 1 N–H and O–H groups in total. The lowest BCUT2D eigenvalue weighted by Crippen LogP contribution is -2.50. The number of methoxy groups -OCH3 is 2. The highest BCUT2D eigenvalue weighted by atomic mass is 35.5. The van der Waals surface area contributed by atoms with Crippen molar-refractivity contribution in [1.82, 2.24) is 10.2 Å². The second kappa shape index (κ2) is 11.6. The summed E-state index contributed by atoms with van der Waals surface area (Å²) in [6, 6.07) is 21.0. The number of halogens is 1. The van der Waals surface area contributed by atoms with E-state index in [1.54, 1.807) is 32.2 Å². The molecule has 1 aliphatic heterocycles. The van der Waals surface area contributed by atoms with E-state index in [0.29, 0.717) is 33.9 Å². The van der Waals surface area contributed by atoms with Crippen LogP contribution in [-0.4, -0.2) is 62.7 Å². The fraction of sp³-hybridized carbons (Fsp3) is 0.250. The molecule has 7 nitrogen and oxygen atoms in total. The molecule has 1 atom stereocenters. The first-order chi connectivity index (χ1) is 17.8. The number of carbonyl (C=O) groups is 1. The monoisotopic (exact) mass is 536 g/mol. The predicted molar refractivity (Wildman–Crippen MR) is 152 cm³/mol. The third-order valence-electron chi connectivity index (χ3n) is 6.24. The van der Waals surface area contributed by atoms with Crippen molar-refractivity contribution in [2.24, 2.45) is 4.99 Å². The van der Waals surface area contributed by atoms with Gasteiger partial charge in [0.1, 0.15) is 0 Å². The Balaban J connectivity index is 1.55. The molecule has 4 rings (SSSR count). The van der Waals surface area contributed by atoms with Crippen LogP contribution in [-0.2, 0) is 11.2 Å². The van der Waals surface area contributed by atoms with Gasteiger partial charge in [-0.1, -0.05) is 48.0 Å². The highest BCUT2D eigenvalue weighted by Crippen LogP contribution is 2.30. The Hall–Kier alpha value is -3.62. The third-order valence-corrected chi connectivity index (χ3v) is 6.90.